The zero-order valence-electron chi connectivity index (χ0n) is 42.1. The second-order valence-corrected chi connectivity index (χ2v) is 22.6. The minimum atomic E-state index is -0.302. The molecule has 366 valence electrons. The predicted molar refractivity (Wildman–Crippen MR) is 290 cm³/mol. The predicted octanol–water partition coefficient (Wildman–Crippen LogP) is 10.7. The quantitative estimate of drug-likeness (QED) is 0.128. The second-order valence-electron chi connectivity index (χ2n) is 21.4. The summed E-state index contributed by atoms with van der Waals surface area (Å²) in [4.78, 5) is 27.1. The second kappa shape index (κ2) is 18.5. The molecule has 1 fully saturated rings. The van der Waals surface area contributed by atoms with Gasteiger partial charge in [0.05, 0.1) is 52.5 Å². The van der Waals surface area contributed by atoms with Crippen LogP contribution in [0.2, 0.25) is 0 Å². The van der Waals surface area contributed by atoms with Gasteiger partial charge in [-0.1, -0.05) is 61.1 Å². The van der Waals surface area contributed by atoms with Gasteiger partial charge in [-0.15, -0.1) is 0 Å². The number of ketones is 2. The number of hydrogen-bond acceptors (Lipinski definition) is 10. The van der Waals surface area contributed by atoms with Crippen molar-refractivity contribution in [2.75, 3.05) is 10.6 Å². The summed E-state index contributed by atoms with van der Waals surface area (Å²) >= 11 is 2.37. The van der Waals surface area contributed by atoms with Crippen molar-refractivity contribution in [2.24, 2.45) is 14.1 Å². The van der Waals surface area contributed by atoms with Crippen molar-refractivity contribution < 1.29 is 18.9 Å². The van der Waals surface area contributed by atoms with Crippen LogP contribution in [0.25, 0.3) is 11.1 Å². The fraction of sp³-hybridized carbons (Fsp3) is 0.404. The van der Waals surface area contributed by atoms with Gasteiger partial charge < -0.3 is 19.9 Å². The highest BCUT2D eigenvalue weighted by molar-refractivity contribution is 14.1. The van der Waals surface area contributed by atoms with E-state index < -0.39 is 0 Å². The molecule has 14 heteroatoms. The summed E-state index contributed by atoms with van der Waals surface area (Å²) < 4.78 is 16.6. The van der Waals surface area contributed by atoms with Gasteiger partial charge in [0.2, 0.25) is 0 Å². The monoisotopic (exact) mass is 1060 g/mol. The molecule has 4 aromatic carbocycles. The average molecular weight is 1060 g/mol. The van der Waals surface area contributed by atoms with Crippen LogP contribution in [0.3, 0.4) is 0 Å². The minimum absolute atomic E-state index is 0. The van der Waals surface area contributed by atoms with Gasteiger partial charge in [-0.3, -0.25) is 19.0 Å². The van der Waals surface area contributed by atoms with Gasteiger partial charge in [-0.2, -0.15) is 20.7 Å². The molecule has 4 atom stereocenters. The van der Waals surface area contributed by atoms with Crippen LogP contribution in [0.4, 0.5) is 11.4 Å². The zero-order valence-corrected chi connectivity index (χ0v) is 44.2. The average Bonchev–Trinajstić information content (AvgIpc) is 4.17. The Bertz CT molecular complexity index is 3190. The molecular formula is C57H64BIN8O4. The molecule has 0 amide bonds. The summed E-state index contributed by atoms with van der Waals surface area (Å²) in [6.45, 7) is 21.3. The normalized spacial score (nSPS) is 21.6. The summed E-state index contributed by atoms with van der Waals surface area (Å²) in [5, 5.41) is 34.0. The summed E-state index contributed by atoms with van der Waals surface area (Å²) in [5.41, 5.74) is 13.5. The van der Waals surface area contributed by atoms with Crippen LogP contribution < -0.4 is 16.1 Å². The molecule has 5 aliphatic rings. The molecule has 4 unspecified atom stereocenters. The van der Waals surface area contributed by atoms with Gasteiger partial charge in [0, 0.05) is 92.7 Å². The van der Waals surface area contributed by atoms with Gasteiger partial charge in [0.15, 0.2) is 11.6 Å². The number of nitriles is 2. The highest BCUT2D eigenvalue weighted by atomic mass is 127. The van der Waals surface area contributed by atoms with Crippen molar-refractivity contribution in [1.29, 1.82) is 10.5 Å². The summed E-state index contributed by atoms with van der Waals surface area (Å²) in [6, 6.07) is 24.2. The SMILES string of the molecule is C.CCc1cc2c(cc1-c1cnn(C)c1)C(C)(C)C1Nc3cc(C#N)ccc3C1C2=O.CCc1cc2c(cc1I)C(C)(C)C1Nc3cc(C#N)ccc3C1C2=O.Cn1cc(B2OC(C)(C)C(C)(C)O2)cn1. The molecule has 5 heterocycles. The number of benzene rings is 4. The number of nitrogens with zero attached hydrogens (tertiary/aromatic N) is 6. The van der Waals surface area contributed by atoms with E-state index in [1.165, 1.54) is 9.13 Å². The molecule has 2 N–H and O–H groups in total. The third-order valence-corrected chi connectivity index (χ3v) is 16.8. The lowest BCUT2D eigenvalue weighted by Gasteiger charge is -2.42. The van der Waals surface area contributed by atoms with Crippen molar-refractivity contribution in [2.45, 2.75) is 135 Å². The van der Waals surface area contributed by atoms with E-state index in [9.17, 15) is 14.9 Å². The Morgan fingerprint density at radius 2 is 1.13 bits per heavy atom. The van der Waals surface area contributed by atoms with E-state index in [0.29, 0.717) is 11.1 Å². The number of anilines is 2. The molecule has 1 saturated heterocycles. The number of Topliss-reactive ketones (excluding diaryl/α,β-unsaturated/α-hetero) is 2. The number of rotatable bonds is 4. The summed E-state index contributed by atoms with van der Waals surface area (Å²) in [5.74, 6) is -0.0571. The maximum Gasteiger partial charge on any atom is 0.498 e. The number of carbonyl (C=O) groups excluding carboxylic acids is 2. The van der Waals surface area contributed by atoms with E-state index in [-0.39, 0.29) is 72.1 Å². The third kappa shape index (κ3) is 8.59. The number of fused-ring (bicyclic) bond motifs is 8. The Hall–Kier alpha value is -6.07. The van der Waals surface area contributed by atoms with E-state index in [2.05, 4.69) is 121 Å². The topological polar surface area (TPSA) is 160 Å². The van der Waals surface area contributed by atoms with Gasteiger partial charge in [-0.25, -0.2) is 0 Å². The minimum Gasteiger partial charge on any atom is -0.399 e. The number of aryl methyl sites for hydroxylation is 4. The smallest absolute Gasteiger partial charge is 0.399 e. The molecule has 3 aliphatic heterocycles. The van der Waals surface area contributed by atoms with Gasteiger partial charge >= 0.3 is 7.12 Å². The van der Waals surface area contributed by atoms with Crippen molar-refractivity contribution in [3.63, 3.8) is 0 Å². The molecule has 2 aromatic heterocycles. The largest absolute Gasteiger partial charge is 0.498 e. The fourth-order valence-electron chi connectivity index (χ4n) is 11.0. The molecule has 11 rings (SSSR count). The highest BCUT2D eigenvalue weighted by Gasteiger charge is 2.54. The maximum atomic E-state index is 13.7. The van der Waals surface area contributed by atoms with E-state index in [4.69, 9.17) is 14.6 Å². The first-order chi connectivity index (χ1) is 33.0. The van der Waals surface area contributed by atoms with Crippen LogP contribution in [0, 0.1) is 26.2 Å². The number of nitrogens with one attached hydrogen (secondary N) is 2. The van der Waals surface area contributed by atoms with Crippen LogP contribution in [0.15, 0.2) is 85.5 Å². The standard InChI is InChI=1S/C25H24N4O.C21H19IN2O.C10H17BN2O2.CH4/c1-5-15-9-19-20(10-18(15)16-12-27-29(4)13-16)25(2,3)24-22(23(19)30)17-7-6-14(11-26)8-21(17)28-24;1-4-12-8-14-15(9-16(12)22)21(2,3)20-18(19(14)25)13-6-5-11(10-23)7-17(13)24-20;1-9(2)10(3,4)15-11(14-9)8-6-12-13(5)7-8;/h6-10,12-13,22,24,28H,5H2,1-4H3;5-9,18,20,24H,4H2,1-3H3;6-7H,1-5H3;1H4. The molecule has 0 radical (unpaired) electrons. The highest BCUT2D eigenvalue weighted by Crippen LogP contribution is 2.53. The van der Waals surface area contributed by atoms with E-state index in [1.54, 1.807) is 10.9 Å². The molecule has 0 bridgehead atoms. The fourth-order valence-corrected chi connectivity index (χ4v) is 11.9. The number of carbonyl (C=O) groups is 2. The number of hydrogen-bond donors (Lipinski definition) is 2. The van der Waals surface area contributed by atoms with Crippen molar-refractivity contribution >= 4 is 58.1 Å². The Labute approximate surface area is 432 Å². The summed E-state index contributed by atoms with van der Waals surface area (Å²) in [6.07, 6.45) is 9.38. The zero-order chi connectivity index (χ0) is 50.4. The molecular weight excluding hydrogens is 998 g/mol. The van der Waals surface area contributed by atoms with E-state index >= 15 is 0 Å². The van der Waals surface area contributed by atoms with Crippen molar-refractivity contribution in [3.05, 3.63) is 145 Å². The van der Waals surface area contributed by atoms with Crippen LogP contribution >= 0.6 is 22.6 Å². The van der Waals surface area contributed by atoms with Crippen LogP contribution in [0.5, 0.6) is 0 Å². The molecule has 6 aromatic rings. The Kier molecular flexibility index (Phi) is 13.4. The molecule has 0 spiro atoms. The first-order valence-electron chi connectivity index (χ1n) is 24.1. The Morgan fingerprint density at radius 3 is 1.56 bits per heavy atom. The van der Waals surface area contributed by atoms with Gasteiger partial charge in [0.25, 0.3) is 0 Å². The number of halogens is 1. The maximum absolute atomic E-state index is 13.7. The van der Waals surface area contributed by atoms with Gasteiger partial charge in [-0.05, 0) is 151 Å². The van der Waals surface area contributed by atoms with Crippen molar-refractivity contribution in [3.8, 4) is 23.3 Å². The summed E-state index contributed by atoms with van der Waals surface area (Å²) in [7, 11) is 3.50. The van der Waals surface area contributed by atoms with Gasteiger partial charge in [0.1, 0.15) is 0 Å². The molecule has 0 saturated carbocycles. The lowest BCUT2D eigenvalue weighted by molar-refractivity contribution is 0.00578. The molecule has 12 nitrogen and oxygen atoms in total. The van der Waals surface area contributed by atoms with Crippen LogP contribution in [-0.4, -0.2) is 61.5 Å². The number of aromatic nitrogens is 4. The first-order valence-corrected chi connectivity index (χ1v) is 25.2. The van der Waals surface area contributed by atoms with Crippen LogP contribution in [-0.2, 0) is 47.1 Å². The van der Waals surface area contributed by atoms with Crippen LogP contribution in [0.1, 0.15) is 154 Å². The Morgan fingerprint density at radius 1 is 0.662 bits per heavy atom. The third-order valence-electron chi connectivity index (χ3n) is 15.8. The lowest BCUT2D eigenvalue weighted by Crippen LogP contribution is -2.48. The molecule has 71 heavy (non-hydrogen) atoms. The molecule has 2 aliphatic carbocycles. The van der Waals surface area contributed by atoms with E-state index in [1.807, 2.05) is 101 Å². The lowest BCUT2D eigenvalue weighted by atomic mass is 9.63. The Balaban J connectivity index is 0.000000149. The van der Waals surface area contributed by atoms with E-state index in [0.717, 1.165) is 79.8 Å². The van der Waals surface area contributed by atoms with Crippen molar-refractivity contribution in [1.82, 2.24) is 19.6 Å². The first kappa shape index (κ1) is 51.3.